The quantitative estimate of drug-likeness (QED) is 0.485. The monoisotopic (exact) mass is 213 g/mol. The first kappa shape index (κ1) is 10.6. The maximum atomic E-state index is 11.0. The number of hydrogen-bond acceptors (Lipinski definition) is 5. The molecule has 2 saturated heterocycles. The molecule has 0 aliphatic carbocycles. The van der Waals surface area contributed by atoms with Gasteiger partial charge in [-0.05, 0) is 19.3 Å². The van der Waals surface area contributed by atoms with E-state index in [0.29, 0.717) is 6.10 Å². The Morgan fingerprint density at radius 3 is 2.60 bits per heavy atom. The normalized spacial score (nSPS) is 28.1. The lowest BCUT2D eigenvalue weighted by molar-refractivity contribution is -0.166. The van der Waals surface area contributed by atoms with Crippen LogP contribution in [0.4, 0.5) is 0 Å². The van der Waals surface area contributed by atoms with Crippen molar-refractivity contribution in [2.24, 2.45) is 0 Å². The van der Waals surface area contributed by atoms with Crippen molar-refractivity contribution in [1.29, 1.82) is 0 Å². The first-order chi connectivity index (χ1) is 7.24. The first-order valence-corrected chi connectivity index (χ1v) is 5.31. The highest BCUT2D eigenvalue weighted by Gasteiger charge is 2.25. The van der Waals surface area contributed by atoms with Gasteiger partial charge in [-0.25, -0.2) is 0 Å². The Morgan fingerprint density at radius 1 is 1.27 bits per heavy atom. The van der Waals surface area contributed by atoms with Gasteiger partial charge in [-0.1, -0.05) is 0 Å². The first-order valence-electron chi connectivity index (χ1n) is 5.31. The molecule has 1 unspecified atom stereocenters. The molecule has 0 saturated carbocycles. The molecule has 2 aliphatic heterocycles. The summed E-state index contributed by atoms with van der Waals surface area (Å²) in [6.07, 6.45) is 3.40. The van der Waals surface area contributed by atoms with E-state index in [1.54, 1.807) is 0 Å². The molecule has 2 rings (SSSR count). The fourth-order valence-corrected chi connectivity index (χ4v) is 1.97. The van der Waals surface area contributed by atoms with Gasteiger partial charge < -0.3 is 9.47 Å². The van der Waals surface area contributed by atoms with E-state index in [2.05, 4.69) is 4.74 Å². The predicted octanol–water partition coefficient (Wildman–Crippen LogP) is -0.0591. The lowest BCUT2D eigenvalue weighted by Gasteiger charge is -2.24. The van der Waals surface area contributed by atoms with E-state index >= 15 is 0 Å². The van der Waals surface area contributed by atoms with Crippen LogP contribution in [0.3, 0.4) is 0 Å². The van der Waals surface area contributed by atoms with Gasteiger partial charge in [0.05, 0.1) is 19.2 Å². The van der Waals surface area contributed by atoms with Gasteiger partial charge in [0.15, 0.2) is 0 Å². The molecule has 2 fully saturated rings. The second-order valence-electron chi connectivity index (χ2n) is 3.98. The minimum atomic E-state index is -0.446. The van der Waals surface area contributed by atoms with Gasteiger partial charge in [0.25, 0.3) is 0 Å². The SMILES string of the molecule is O=C1CN(CCC2CCCO2)CC(=O)O1. The van der Waals surface area contributed by atoms with Crippen LogP contribution < -0.4 is 0 Å². The molecule has 5 nitrogen and oxygen atoms in total. The summed E-state index contributed by atoms with van der Waals surface area (Å²) in [5.41, 5.74) is 0. The number of cyclic esters (lactones) is 2. The molecule has 0 radical (unpaired) electrons. The summed E-state index contributed by atoms with van der Waals surface area (Å²) in [5, 5.41) is 0. The van der Waals surface area contributed by atoms with Crippen molar-refractivity contribution in [1.82, 2.24) is 4.90 Å². The third kappa shape index (κ3) is 3.00. The molecular formula is C10H15NO4. The lowest BCUT2D eigenvalue weighted by Crippen LogP contribution is -2.43. The van der Waals surface area contributed by atoms with E-state index in [1.165, 1.54) is 0 Å². The highest BCUT2D eigenvalue weighted by atomic mass is 16.6. The Hall–Kier alpha value is -0.940. The number of ether oxygens (including phenoxy) is 2. The maximum absolute atomic E-state index is 11.0. The van der Waals surface area contributed by atoms with Crippen molar-refractivity contribution in [2.45, 2.75) is 25.4 Å². The van der Waals surface area contributed by atoms with Crippen molar-refractivity contribution < 1.29 is 19.1 Å². The van der Waals surface area contributed by atoms with Gasteiger partial charge in [-0.15, -0.1) is 0 Å². The highest BCUT2D eigenvalue weighted by Crippen LogP contribution is 2.16. The zero-order valence-electron chi connectivity index (χ0n) is 8.61. The Morgan fingerprint density at radius 2 is 2.00 bits per heavy atom. The van der Waals surface area contributed by atoms with Crippen LogP contribution in [-0.2, 0) is 19.1 Å². The molecular weight excluding hydrogens is 198 g/mol. The van der Waals surface area contributed by atoms with Crippen LogP contribution in [-0.4, -0.2) is 49.2 Å². The second-order valence-corrected chi connectivity index (χ2v) is 3.98. The lowest BCUT2D eigenvalue weighted by atomic mass is 10.2. The average Bonchev–Trinajstić information content (AvgIpc) is 2.65. The second kappa shape index (κ2) is 4.72. The van der Waals surface area contributed by atoms with Gasteiger partial charge in [-0.3, -0.25) is 14.5 Å². The summed E-state index contributed by atoms with van der Waals surface area (Å²) in [6.45, 7) is 2.01. The van der Waals surface area contributed by atoms with Crippen molar-refractivity contribution in [3.63, 3.8) is 0 Å². The Balaban J connectivity index is 1.73. The third-order valence-electron chi connectivity index (χ3n) is 2.72. The molecule has 84 valence electrons. The summed E-state index contributed by atoms with van der Waals surface area (Å²) in [7, 11) is 0. The van der Waals surface area contributed by atoms with E-state index in [-0.39, 0.29) is 13.1 Å². The number of nitrogens with zero attached hydrogens (tertiary/aromatic N) is 1. The van der Waals surface area contributed by atoms with Crippen molar-refractivity contribution in [2.75, 3.05) is 26.2 Å². The molecule has 0 aromatic rings. The number of morpholine rings is 1. The number of hydrogen-bond donors (Lipinski definition) is 0. The molecule has 15 heavy (non-hydrogen) atoms. The largest absolute Gasteiger partial charge is 0.391 e. The molecule has 0 N–H and O–H groups in total. The van der Waals surface area contributed by atoms with E-state index in [9.17, 15) is 9.59 Å². The number of rotatable bonds is 3. The van der Waals surface area contributed by atoms with Gasteiger partial charge in [0.2, 0.25) is 0 Å². The fourth-order valence-electron chi connectivity index (χ4n) is 1.97. The van der Waals surface area contributed by atoms with E-state index in [0.717, 1.165) is 32.4 Å². The molecule has 0 aromatic carbocycles. The summed E-state index contributed by atoms with van der Waals surface area (Å²) < 4.78 is 9.91. The summed E-state index contributed by atoms with van der Waals surface area (Å²) in [4.78, 5) is 23.7. The average molecular weight is 213 g/mol. The Bertz CT molecular complexity index is 244. The van der Waals surface area contributed by atoms with Crippen LogP contribution in [0.15, 0.2) is 0 Å². The molecule has 0 aromatic heterocycles. The number of carbonyl (C=O) groups excluding carboxylic acids is 2. The molecule has 2 heterocycles. The molecule has 0 amide bonds. The van der Waals surface area contributed by atoms with Crippen LogP contribution in [0.2, 0.25) is 0 Å². The van der Waals surface area contributed by atoms with Crippen LogP contribution in [0, 0.1) is 0 Å². The maximum Gasteiger partial charge on any atom is 0.327 e. The predicted molar refractivity (Wildman–Crippen MR) is 51.1 cm³/mol. The van der Waals surface area contributed by atoms with Gasteiger partial charge in [-0.2, -0.15) is 0 Å². The van der Waals surface area contributed by atoms with Crippen molar-refractivity contribution in [3.05, 3.63) is 0 Å². The molecule has 0 spiro atoms. The summed E-state index contributed by atoms with van der Waals surface area (Å²) in [5.74, 6) is -0.891. The minimum Gasteiger partial charge on any atom is -0.391 e. The Kier molecular flexibility index (Phi) is 3.33. The number of esters is 2. The van der Waals surface area contributed by atoms with E-state index < -0.39 is 11.9 Å². The van der Waals surface area contributed by atoms with Crippen LogP contribution in [0.1, 0.15) is 19.3 Å². The summed E-state index contributed by atoms with van der Waals surface area (Å²) in [6, 6.07) is 0. The molecule has 1 atom stereocenters. The van der Waals surface area contributed by atoms with E-state index in [4.69, 9.17) is 4.74 Å². The zero-order chi connectivity index (χ0) is 10.7. The van der Waals surface area contributed by atoms with Crippen LogP contribution in [0.25, 0.3) is 0 Å². The Labute approximate surface area is 88.3 Å². The number of carbonyl (C=O) groups is 2. The molecule has 2 aliphatic rings. The molecule has 5 heteroatoms. The van der Waals surface area contributed by atoms with Crippen molar-refractivity contribution in [3.8, 4) is 0 Å². The van der Waals surface area contributed by atoms with Crippen LogP contribution >= 0.6 is 0 Å². The minimum absolute atomic E-state index is 0.221. The third-order valence-corrected chi connectivity index (χ3v) is 2.72. The van der Waals surface area contributed by atoms with Crippen LogP contribution in [0.5, 0.6) is 0 Å². The van der Waals surface area contributed by atoms with Gasteiger partial charge in [0.1, 0.15) is 0 Å². The molecule has 0 bridgehead atoms. The topological polar surface area (TPSA) is 55.8 Å². The standard InChI is InChI=1S/C10H15NO4/c12-9-6-11(7-10(13)15-9)4-3-8-2-1-5-14-8/h8H,1-7H2. The van der Waals surface area contributed by atoms with Gasteiger partial charge >= 0.3 is 11.9 Å². The highest BCUT2D eigenvalue weighted by molar-refractivity contribution is 5.90. The van der Waals surface area contributed by atoms with E-state index in [1.807, 2.05) is 4.90 Å². The van der Waals surface area contributed by atoms with Crippen molar-refractivity contribution >= 4 is 11.9 Å². The summed E-state index contributed by atoms with van der Waals surface area (Å²) >= 11 is 0. The zero-order valence-corrected chi connectivity index (χ0v) is 8.61. The fraction of sp³-hybridized carbons (Fsp3) is 0.800. The van der Waals surface area contributed by atoms with Gasteiger partial charge in [0, 0.05) is 13.2 Å². The smallest absolute Gasteiger partial charge is 0.327 e.